The van der Waals surface area contributed by atoms with Crippen molar-refractivity contribution in [2.45, 2.75) is 109 Å². The number of hydrogen-bond acceptors (Lipinski definition) is 5. The Hall–Kier alpha value is -1.36. The highest BCUT2D eigenvalue weighted by atomic mass is 16.6. The Morgan fingerprint density at radius 3 is 1.85 bits per heavy atom. The predicted molar refractivity (Wildman–Crippen MR) is 108 cm³/mol. The van der Waals surface area contributed by atoms with Crippen LogP contribution in [0.5, 0.6) is 0 Å². The van der Waals surface area contributed by atoms with Gasteiger partial charge in [0, 0.05) is 6.08 Å². The van der Waals surface area contributed by atoms with Crippen LogP contribution in [0.4, 0.5) is 0 Å². The van der Waals surface area contributed by atoms with Crippen molar-refractivity contribution in [3.63, 3.8) is 0 Å². The Morgan fingerprint density at radius 1 is 0.926 bits per heavy atom. The fourth-order valence-corrected chi connectivity index (χ4v) is 3.10. The maximum atomic E-state index is 11.4. The van der Waals surface area contributed by atoms with Gasteiger partial charge in [0.15, 0.2) is 0 Å². The van der Waals surface area contributed by atoms with Gasteiger partial charge in [0.2, 0.25) is 0 Å². The molecular weight excluding hydrogens is 344 g/mol. The van der Waals surface area contributed by atoms with Gasteiger partial charge in [-0.3, -0.25) is 4.79 Å². The summed E-state index contributed by atoms with van der Waals surface area (Å²) in [4.78, 5) is 22.7. The molecule has 0 fully saturated rings. The Kier molecular flexibility index (Phi) is 17.1. The molecule has 2 unspecified atom stereocenters. The van der Waals surface area contributed by atoms with Gasteiger partial charge in [0.25, 0.3) is 0 Å². The smallest absolute Gasteiger partial charge is 0.330 e. The largest absolute Gasteiger partial charge is 0.469 e. The Bertz CT molecular complexity index is 394. The normalized spacial score (nSPS) is 13.0. The van der Waals surface area contributed by atoms with Crippen LogP contribution < -0.4 is 0 Å². The summed E-state index contributed by atoms with van der Waals surface area (Å²) >= 11 is 0. The van der Waals surface area contributed by atoms with Gasteiger partial charge in [-0.25, -0.2) is 4.79 Å². The van der Waals surface area contributed by atoms with Gasteiger partial charge in [-0.2, -0.15) is 0 Å². The van der Waals surface area contributed by atoms with Crippen LogP contribution in [0.15, 0.2) is 12.7 Å². The molecule has 0 saturated heterocycles. The highest BCUT2D eigenvalue weighted by Gasteiger charge is 2.25. The van der Waals surface area contributed by atoms with E-state index in [9.17, 15) is 14.7 Å². The molecule has 0 radical (unpaired) electrons. The minimum Gasteiger partial charge on any atom is -0.469 e. The lowest BCUT2D eigenvalue weighted by atomic mass is 10.0. The predicted octanol–water partition coefficient (Wildman–Crippen LogP) is 5.10. The third kappa shape index (κ3) is 15.4. The second kappa shape index (κ2) is 18.0. The molecule has 5 heteroatoms. The van der Waals surface area contributed by atoms with Crippen molar-refractivity contribution >= 4 is 11.9 Å². The molecule has 0 heterocycles. The van der Waals surface area contributed by atoms with Gasteiger partial charge in [-0.15, -0.1) is 0 Å². The van der Waals surface area contributed by atoms with E-state index < -0.39 is 24.1 Å². The SMILES string of the molecule is C=CC(=O)OC(CCCCCCCCCCCCCC)C(O)CC(=O)OC. The molecule has 0 aromatic rings. The monoisotopic (exact) mass is 384 g/mol. The average molecular weight is 385 g/mol. The molecular formula is C22H40O5. The zero-order valence-electron chi connectivity index (χ0n) is 17.4. The second-order valence-corrected chi connectivity index (χ2v) is 7.20. The highest BCUT2D eigenvalue weighted by molar-refractivity contribution is 5.81. The molecule has 2 atom stereocenters. The summed E-state index contributed by atoms with van der Waals surface area (Å²) in [5.41, 5.74) is 0. The number of aliphatic hydroxyl groups is 1. The maximum absolute atomic E-state index is 11.4. The lowest BCUT2D eigenvalue weighted by Crippen LogP contribution is -2.33. The fourth-order valence-electron chi connectivity index (χ4n) is 3.10. The molecule has 5 nitrogen and oxygen atoms in total. The first-order valence-corrected chi connectivity index (χ1v) is 10.6. The molecule has 0 aromatic carbocycles. The standard InChI is InChI=1S/C22H40O5/c1-4-6-7-8-9-10-11-12-13-14-15-16-17-20(27-21(24)5-2)19(23)18-22(25)26-3/h5,19-20,23H,2,4,6-18H2,1,3H3. The summed E-state index contributed by atoms with van der Waals surface area (Å²) in [6, 6.07) is 0. The topological polar surface area (TPSA) is 72.8 Å². The summed E-state index contributed by atoms with van der Waals surface area (Å²) in [6.45, 7) is 5.61. The van der Waals surface area contributed by atoms with Crippen LogP contribution >= 0.6 is 0 Å². The Balaban J connectivity index is 3.84. The van der Waals surface area contributed by atoms with Crippen LogP contribution in [0.3, 0.4) is 0 Å². The first-order chi connectivity index (χ1) is 13.0. The molecule has 0 aliphatic carbocycles. The number of carbonyl (C=O) groups excluding carboxylic acids is 2. The van der Waals surface area contributed by atoms with E-state index in [4.69, 9.17) is 4.74 Å². The molecule has 0 aromatic heterocycles. The molecule has 0 aliphatic heterocycles. The molecule has 0 aliphatic rings. The van der Waals surface area contributed by atoms with Gasteiger partial charge >= 0.3 is 11.9 Å². The zero-order chi connectivity index (χ0) is 20.3. The van der Waals surface area contributed by atoms with Crippen molar-refractivity contribution in [2.24, 2.45) is 0 Å². The molecule has 0 amide bonds. The van der Waals surface area contributed by atoms with E-state index >= 15 is 0 Å². The lowest BCUT2D eigenvalue weighted by Gasteiger charge is -2.22. The van der Waals surface area contributed by atoms with E-state index in [1.165, 1.54) is 64.9 Å². The van der Waals surface area contributed by atoms with Crippen LogP contribution in [0, 0.1) is 0 Å². The van der Waals surface area contributed by atoms with Crippen molar-refractivity contribution in [1.82, 2.24) is 0 Å². The first-order valence-electron chi connectivity index (χ1n) is 10.6. The van der Waals surface area contributed by atoms with Gasteiger partial charge < -0.3 is 14.6 Å². The Labute approximate surface area is 165 Å². The molecule has 27 heavy (non-hydrogen) atoms. The molecule has 0 bridgehead atoms. The van der Waals surface area contributed by atoms with E-state index in [-0.39, 0.29) is 6.42 Å². The molecule has 0 saturated carbocycles. The van der Waals surface area contributed by atoms with E-state index in [2.05, 4.69) is 18.2 Å². The van der Waals surface area contributed by atoms with Crippen molar-refractivity contribution in [2.75, 3.05) is 7.11 Å². The van der Waals surface area contributed by atoms with E-state index in [1.54, 1.807) is 0 Å². The molecule has 0 spiro atoms. The third-order valence-electron chi connectivity index (χ3n) is 4.81. The summed E-state index contributed by atoms with van der Waals surface area (Å²) in [5, 5.41) is 10.1. The van der Waals surface area contributed by atoms with Crippen molar-refractivity contribution < 1.29 is 24.2 Å². The number of esters is 2. The number of carbonyl (C=O) groups is 2. The van der Waals surface area contributed by atoms with Crippen LogP contribution in [-0.2, 0) is 19.1 Å². The van der Waals surface area contributed by atoms with Gasteiger partial charge in [0.1, 0.15) is 12.2 Å². The minimum absolute atomic E-state index is 0.177. The number of methoxy groups -OCH3 is 1. The minimum atomic E-state index is -1.05. The van der Waals surface area contributed by atoms with E-state index in [0.717, 1.165) is 25.3 Å². The number of ether oxygens (including phenoxy) is 2. The average Bonchev–Trinajstić information content (AvgIpc) is 2.67. The van der Waals surface area contributed by atoms with E-state index in [1.807, 2.05) is 0 Å². The highest BCUT2D eigenvalue weighted by Crippen LogP contribution is 2.16. The van der Waals surface area contributed by atoms with Gasteiger partial charge in [-0.05, 0) is 12.8 Å². The number of rotatable bonds is 18. The third-order valence-corrected chi connectivity index (χ3v) is 4.81. The molecule has 158 valence electrons. The number of aliphatic hydroxyl groups excluding tert-OH is 1. The van der Waals surface area contributed by atoms with Gasteiger partial charge in [-0.1, -0.05) is 84.1 Å². The lowest BCUT2D eigenvalue weighted by molar-refractivity contribution is -0.155. The van der Waals surface area contributed by atoms with Crippen molar-refractivity contribution in [3.8, 4) is 0 Å². The maximum Gasteiger partial charge on any atom is 0.330 e. The summed E-state index contributed by atoms with van der Waals surface area (Å²) in [6.07, 6.45) is 14.6. The number of hydrogen-bond donors (Lipinski definition) is 1. The van der Waals surface area contributed by atoms with Crippen molar-refractivity contribution in [1.29, 1.82) is 0 Å². The van der Waals surface area contributed by atoms with Crippen LogP contribution in [0.1, 0.15) is 96.8 Å². The van der Waals surface area contributed by atoms with Crippen molar-refractivity contribution in [3.05, 3.63) is 12.7 Å². The second-order valence-electron chi connectivity index (χ2n) is 7.20. The Morgan fingerprint density at radius 2 is 1.41 bits per heavy atom. The quantitative estimate of drug-likeness (QED) is 0.202. The van der Waals surface area contributed by atoms with Gasteiger partial charge in [0.05, 0.1) is 13.5 Å². The zero-order valence-corrected chi connectivity index (χ0v) is 17.4. The van der Waals surface area contributed by atoms with Crippen LogP contribution in [-0.4, -0.2) is 36.4 Å². The van der Waals surface area contributed by atoms with E-state index in [0.29, 0.717) is 6.42 Å². The fraction of sp³-hybridized carbons (Fsp3) is 0.818. The molecule has 0 rings (SSSR count). The van der Waals surface area contributed by atoms with Crippen LogP contribution in [0.25, 0.3) is 0 Å². The number of unbranched alkanes of at least 4 members (excludes halogenated alkanes) is 11. The van der Waals surface area contributed by atoms with Crippen LogP contribution in [0.2, 0.25) is 0 Å². The summed E-state index contributed by atoms with van der Waals surface area (Å²) < 4.78 is 9.75. The molecule has 1 N–H and O–H groups in total. The summed E-state index contributed by atoms with van der Waals surface area (Å²) in [5.74, 6) is -1.10. The first kappa shape index (κ1) is 25.6. The summed E-state index contributed by atoms with van der Waals surface area (Å²) in [7, 11) is 1.27.